The highest BCUT2D eigenvalue weighted by atomic mass is 35.5. The molecule has 1 aliphatic rings. The number of benzene rings is 1. The number of sulfonamides is 1. The van der Waals surface area contributed by atoms with Crippen molar-refractivity contribution in [2.45, 2.75) is 12.8 Å². The Hall–Kier alpha value is -1.81. The Morgan fingerprint density at radius 2 is 2.11 bits per heavy atom. The highest BCUT2D eigenvalue weighted by molar-refractivity contribution is 7.89. The van der Waals surface area contributed by atoms with Crippen molar-refractivity contribution in [3.63, 3.8) is 0 Å². The summed E-state index contributed by atoms with van der Waals surface area (Å²) in [4.78, 5) is 16.7. The van der Waals surface area contributed by atoms with Crippen LogP contribution >= 0.6 is 11.6 Å². The maximum atomic E-state index is 13.3. The lowest BCUT2D eigenvalue weighted by Gasteiger charge is -2.21. The molecule has 1 fully saturated rings. The van der Waals surface area contributed by atoms with Crippen molar-refractivity contribution in [1.82, 2.24) is 14.3 Å². The topological polar surface area (TPSA) is 90.3 Å². The summed E-state index contributed by atoms with van der Waals surface area (Å²) in [5.74, 6) is -0.897. The fourth-order valence-corrected chi connectivity index (χ4v) is 4.66. The summed E-state index contributed by atoms with van der Waals surface area (Å²) in [7, 11) is -1.95. The lowest BCUT2D eigenvalue weighted by Crippen LogP contribution is -2.35. The average Bonchev–Trinajstić information content (AvgIpc) is 3.04. The first-order valence-corrected chi connectivity index (χ1v) is 10.9. The van der Waals surface area contributed by atoms with E-state index in [-0.39, 0.29) is 29.1 Å². The number of nitrogens with one attached hydrogen (secondary N) is 1. The van der Waals surface area contributed by atoms with Crippen LogP contribution in [0.15, 0.2) is 24.4 Å². The third-order valence-corrected chi connectivity index (χ3v) is 6.37. The van der Waals surface area contributed by atoms with Gasteiger partial charge in [-0.15, -0.1) is 0 Å². The maximum absolute atomic E-state index is 13.3. The predicted octanol–water partition coefficient (Wildman–Crippen LogP) is 2.41. The minimum absolute atomic E-state index is 0.0243. The number of Topliss-reactive ketones (excluding diaryl/α,β-unsaturated/α-hetero) is 1. The minimum atomic E-state index is -3.58. The number of nitrogens with zero attached hydrogens (tertiary/aromatic N) is 2. The maximum Gasteiger partial charge on any atom is 0.213 e. The van der Waals surface area contributed by atoms with Crippen LogP contribution in [0, 0.1) is 11.7 Å². The molecule has 3 rings (SSSR count). The first kappa shape index (κ1) is 20.9. The van der Waals surface area contributed by atoms with Gasteiger partial charge in [-0.3, -0.25) is 4.79 Å². The van der Waals surface area contributed by atoms with Gasteiger partial charge in [-0.2, -0.15) is 0 Å². The smallest absolute Gasteiger partial charge is 0.213 e. The van der Waals surface area contributed by atoms with E-state index in [0.29, 0.717) is 37.3 Å². The normalized spacial score (nSPS) is 15.7. The minimum Gasteiger partial charge on any atom is -0.381 e. The number of carbonyl (C=O) groups excluding carboxylic acids is 1. The molecule has 1 saturated heterocycles. The van der Waals surface area contributed by atoms with E-state index in [4.69, 9.17) is 16.3 Å². The lowest BCUT2D eigenvalue weighted by atomic mass is 10.0. The van der Waals surface area contributed by atoms with Crippen LogP contribution in [-0.2, 0) is 21.8 Å². The van der Waals surface area contributed by atoms with Gasteiger partial charge < -0.3 is 9.30 Å². The summed E-state index contributed by atoms with van der Waals surface area (Å²) < 4.78 is 46.9. The van der Waals surface area contributed by atoms with Crippen LogP contribution in [-0.4, -0.2) is 49.3 Å². The standard InChI is InChI=1S/C18H21ClFN3O4S/c1-23-10-16(13-2-3-15(20)14(19)8-13)22-18(23)17(24)9-21-28(25,26)11-12-4-6-27-7-5-12/h2-3,8,10,12,21H,4-7,9,11H2,1H3. The van der Waals surface area contributed by atoms with E-state index in [9.17, 15) is 17.6 Å². The molecule has 0 radical (unpaired) electrons. The first-order chi connectivity index (χ1) is 13.2. The van der Waals surface area contributed by atoms with Crippen LogP contribution < -0.4 is 4.72 Å². The molecule has 2 heterocycles. The van der Waals surface area contributed by atoms with Crippen molar-refractivity contribution in [1.29, 1.82) is 0 Å². The molecule has 1 aromatic carbocycles. The van der Waals surface area contributed by atoms with E-state index < -0.39 is 21.6 Å². The first-order valence-electron chi connectivity index (χ1n) is 8.82. The number of ether oxygens (including phenoxy) is 1. The van der Waals surface area contributed by atoms with Gasteiger partial charge >= 0.3 is 0 Å². The van der Waals surface area contributed by atoms with E-state index in [2.05, 4.69) is 9.71 Å². The van der Waals surface area contributed by atoms with Gasteiger partial charge in [0.2, 0.25) is 15.8 Å². The summed E-state index contributed by atoms with van der Waals surface area (Å²) in [6.45, 7) is 0.741. The van der Waals surface area contributed by atoms with Crippen molar-refractivity contribution < 1.29 is 22.3 Å². The molecule has 1 aromatic heterocycles. The van der Waals surface area contributed by atoms with Crippen LogP contribution in [0.1, 0.15) is 23.5 Å². The van der Waals surface area contributed by atoms with E-state index >= 15 is 0 Å². The zero-order valence-electron chi connectivity index (χ0n) is 15.3. The fraction of sp³-hybridized carbons (Fsp3) is 0.444. The van der Waals surface area contributed by atoms with Crippen molar-refractivity contribution in [2.75, 3.05) is 25.5 Å². The Balaban J connectivity index is 1.65. The van der Waals surface area contributed by atoms with E-state index in [1.807, 2.05) is 0 Å². The molecule has 0 atom stereocenters. The van der Waals surface area contributed by atoms with Gasteiger partial charge in [-0.1, -0.05) is 11.6 Å². The second-order valence-electron chi connectivity index (χ2n) is 6.77. The number of imidazole rings is 1. The van der Waals surface area contributed by atoms with Crippen molar-refractivity contribution >= 4 is 27.4 Å². The number of aromatic nitrogens is 2. The van der Waals surface area contributed by atoms with Gasteiger partial charge in [-0.25, -0.2) is 22.5 Å². The van der Waals surface area contributed by atoms with Gasteiger partial charge in [0.1, 0.15) is 5.82 Å². The number of hydrogen-bond donors (Lipinski definition) is 1. The van der Waals surface area contributed by atoms with Crippen LogP contribution in [0.25, 0.3) is 11.3 Å². The summed E-state index contributed by atoms with van der Waals surface area (Å²) in [6.07, 6.45) is 2.99. The number of rotatable bonds is 7. The molecule has 7 nitrogen and oxygen atoms in total. The van der Waals surface area contributed by atoms with Crippen LogP contribution in [0.5, 0.6) is 0 Å². The van der Waals surface area contributed by atoms with Crippen molar-refractivity contribution in [2.24, 2.45) is 13.0 Å². The van der Waals surface area contributed by atoms with Gasteiger partial charge in [0.15, 0.2) is 5.82 Å². The highest BCUT2D eigenvalue weighted by Crippen LogP contribution is 2.24. The van der Waals surface area contributed by atoms with E-state index in [1.165, 1.54) is 22.8 Å². The molecular weight excluding hydrogens is 409 g/mol. The number of halogens is 2. The second-order valence-corrected chi connectivity index (χ2v) is 9.03. The monoisotopic (exact) mass is 429 g/mol. The Kier molecular flexibility index (Phi) is 6.49. The Bertz CT molecular complexity index is 971. The summed E-state index contributed by atoms with van der Waals surface area (Å²) >= 11 is 5.79. The molecule has 0 amide bonds. The summed E-state index contributed by atoms with van der Waals surface area (Å²) in [5.41, 5.74) is 0.999. The van der Waals surface area contributed by atoms with Crippen LogP contribution in [0.2, 0.25) is 5.02 Å². The number of aryl methyl sites for hydroxylation is 1. The third kappa shape index (κ3) is 5.16. The molecule has 10 heteroatoms. The second kappa shape index (κ2) is 8.69. The molecule has 1 aliphatic heterocycles. The van der Waals surface area contributed by atoms with Gasteiger partial charge in [0.05, 0.1) is 23.0 Å². The predicted molar refractivity (Wildman–Crippen MR) is 103 cm³/mol. The summed E-state index contributed by atoms with van der Waals surface area (Å²) in [6, 6.07) is 4.15. The Morgan fingerprint density at radius 3 is 2.79 bits per heavy atom. The fourth-order valence-electron chi connectivity index (χ4n) is 3.06. The molecule has 0 saturated carbocycles. The average molecular weight is 430 g/mol. The largest absolute Gasteiger partial charge is 0.381 e. The molecule has 152 valence electrons. The van der Waals surface area contributed by atoms with Gasteiger partial charge in [-0.05, 0) is 37.0 Å². The molecule has 0 bridgehead atoms. The third-order valence-electron chi connectivity index (χ3n) is 4.59. The SMILES string of the molecule is Cn1cc(-c2ccc(F)c(Cl)c2)nc1C(=O)CNS(=O)(=O)CC1CCOCC1. The van der Waals surface area contributed by atoms with Gasteiger partial charge in [0.25, 0.3) is 0 Å². The van der Waals surface area contributed by atoms with E-state index in [0.717, 1.165) is 0 Å². The van der Waals surface area contributed by atoms with Crippen molar-refractivity contribution in [3.05, 3.63) is 41.1 Å². The zero-order valence-corrected chi connectivity index (χ0v) is 16.9. The number of ketones is 1. The van der Waals surface area contributed by atoms with Gasteiger partial charge in [0, 0.05) is 32.0 Å². The lowest BCUT2D eigenvalue weighted by molar-refractivity contribution is 0.0722. The molecule has 0 spiro atoms. The zero-order chi connectivity index (χ0) is 20.3. The molecule has 0 unspecified atom stereocenters. The van der Waals surface area contributed by atoms with E-state index in [1.54, 1.807) is 13.2 Å². The quantitative estimate of drug-likeness (QED) is 0.682. The summed E-state index contributed by atoms with van der Waals surface area (Å²) in [5, 5.41) is -0.0445. The molecule has 0 aliphatic carbocycles. The van der Waals surface area contributed by atoms with Crippen LogP contribution in [0.3, 0.4) is 0 Å². The van der Waals surface area contributed by atoms with Crippen LogP contribution in [0.4, 0.5) is 4.39 Å². The molecule has 28 heavy (non-hydrogen) atoms. The molecular formula is C18H21ClFN3O4S. The number of hydrogen-bond acceptors (Lipinski definition) is 5. The highest BCUT2D eigenvalue weighted by Gasteiger charge is 2.23. The Labute approximate surface area is 167 Å². The molecule has 2 aromatic rings. The molecule has 1 N–H and O–H groups in total. The van der Waals surface area contributed by atoms with Crippen molar-refractivity contribution in [3.8, 4) is 11.3 Å². The Morgan fingerprint density at radius 1 is 1.39 bits per heavy atom. The number of carbonyl (C=O) groups is 1.